The number of aromatic nitrogens is 3. The Balaban J connectivity index is 1.35. The quantitative estimate of drug-likeness (QED) is 0.142. The van der Waals surface area contributed by atoms with Gasteiger partial charge in [0.05, 0.1) is 22.2 Å². The molecule has 0 unspecified atom stereocenters. The zero-order chi connectivity index (χ0) is 31.0. The van der Waals surface area contributed by atoms with E-state index in [-0.39, 0.29) is 0 Å². The van der Waals surface area contributed by atoms with Gasteiger partial charge in [0.2, 0.25) is 0 Å². The highest BCUT2D eigenvalue weighted by Gasteiger charge is 2.16. The van der Waals surface area contributed by atoms with Crippen molar-refractivity contribution in [3.8, 4) is 33.8 Å². The van der Waals surface area contributed by atoms with Gasteiger partial charge in [0, 0.05) is 33.8 Å². The van der Waals surface area contributed by atoms with E-state index < -0.39 is 0 Å². The first kappa shape index (κ1) is 27.7. The van der Waals surface area contributed by atoms with E-state index in [9.17, 15) is 0 Å². The Morgan fingerprint density at radius 2 is 1.30 bits per heavy atom. The molecule has 0 atom stereocenters. The third-order valence-electron chi connectivity index (χ3n) is 8.88. The number of fused-ring (bicyclic) bond motifs is 5. The van der Waals surface area contributed by atoms with E-state index in [2.05, 4.69) is 163 Å². The number of hydrogen-bond acceptors (Lipinski definition) is 2. The molecule has 8 aromatic rings. The minimum atomic E-state index is 0.864. The fraction of sp³-hybridized carbons (Fsp3) is 0.0698. The van der Waals surface area contributed by atoms with E-state index in [1.807, 2.05) is 6.92 Å². The third-order valence-corrected chi connectivity index (χ3v) is 8.88. The number of para-hydroxylation sites is 3. The second kappa shape index (κ2) is 11.6. The molecule has 0 spiro atoms. The van der Waals surface area contributed by atoms with Crippen LogP contribution in [0.15, 0.2) is 146 Å². The minimum Gasteiger partial charge on any atom is -0.324 e. The lowest BCUT2D eigenvalue weighted by Gasteiger charge is -2.15. The van der Waals surface area contributed by atoms with Gasteiger partial charge in [0.1, 0.15) is 5.82 Å². The number of allylic oxidation sites excluding steroid dienone is 3. The zero-order valence-electron chi connectivity index (χ0n) is 26.0. The van der Waals surface area contributed by atoms with Crippen LogP contribution >= 0.6 is 0 Å². The van der Waals surface area contributed by atoms with Crippen LogP contribution < -0.4 is 0 Å². The van der Waals surface area contributed by atoms with Gasteiger partial charge in [-0.1, -0.05) is 115 Å². The monoisotopic (exact) mass is 591 g/mol. The second-order valence-electron chi connectivity index (χ2n) is 11.7. The smallest absolute Gasteiger partial charge is 0.141 e. The van der Waals surface area contributed by atoms with Crippen LogP contribution in [0.5, 0.6) is 0 Å². The van der Waals surface area contributed by atoms with E-state index in [1.165, 1.54) is 21.7 Å². The zero-order valence-corrected chi connectivity index (χ0v) is 26.0. The Hall–Kier alpha value is -5.80. The molecule has 3 heteroatoms. The molecule has 0 aliphatic heterocycles. The number of aryl methyl sites for hydroxylation is 1. The van der Waals surface area contributed by atoms with Crippen LogP contribution in [0.3, 0.4) is 0 Å². The highest BCUT2D eigenvalue weighted by atomic mass is 15.1. The molecule has 0 radical (unpaired) electrons. The molecule has 6 aromatic carbocycles. The van der Waals surface area contributed by atoms with Crippen molar-refractivity contribution in [1.82, 2.24) is 14.5 Å². The van der Waals surface area contributed by atoms with Crippen LogP contribution in [0.4, 0.5) is 0 Å². The molecule has 0 fully saturated rings. The predicted octanol–water partition coefficient (Wildman–Crippen LogP) is 11.5. The van der Waals surface area contributed by atoms with Crippen molar-refractivity contribution in [2.75, 3.05) is 0 Å². The number of benzene rings is 6. The normalized spacial score (nSPS) is 12.0. The maximum Gasteiger partial charge on any atom is 0.141 e. The molecular weight excluding hydrogens is 558 g/mol. The maximum absolute atomic E-state index is 5.30. The molecule has 0 aliphatic rings. The summed E-state index contributed by atoms with van der Waals surface area (Å²) in [7, 11) is 0. The molecule has 0 bridgehead atoms. The summed E-state index contributed by atoms with van der Waals surface area (Å²) in [4.78, 5) is 10.3. The SMILES string of the molecule is C/C=C\C=C/c1cc(-c2ccc(-c3nc4ccccc4n3CC)cc2)cc2c(-c3ccc4ccccc4c3)nc3ccccc3c12. The van der Waals surface area contributed by atoms with Crippen molar-refractivity contribution in [2.24, 2.45) is 0 Å². The van der Waals surface area contributed by atoms with E-state index in [1.54, 1.807) is 0 Å². The van der Waals surface area contributed by atoms with Crippen LogP contribution in [-0.4, -0.2) is 14.5 Å². The fourth-order valence-corrected chi connectivity index (χ4v) is 6.67. The number of pyridine rings is 1. The number of rotatable bonds is 6. The average Bonchev–Trinajstić information content (AvgIpc) is 3.50. The molecule has 8 rings (SSSR count). The first-order chi connectivity index (χ1) is 22.7. The Morgan fingerprint density at radius 3 is 2.13 bits per heavy atom. The molecule has 2 aromatic heterocycles. The lowest BCUT2D eigenvalue weighted by molar-refractivity contribution is 0.796. The lowest BCUT2D eigenvalue weighted by Crippen LogP contribution is -1.97. The van der Waals surface area contributed by atoms with Gasteiger partial charge < -0.3 is 4.57 Å². The van der Waals surface area contributed by atoms with Gasteiger partial charge in [-0.3, -0.25) is 0 Å². The number of hydrogen-bond donors (Lipinski definition) is 0. The van der Waals surface area contributed by atoms with Crippen LogP contribution in [0.1, 0.15) is 19.4 Å². The molecule has 2 heterocycles. The first-order valence-corrected chi connectivity index (χ1v) is 15.9. The predicted molar refractivity (Wildman–Crippen MR) is 196 cm³/mol. The first-order valence-electron chi connectivity index (χ1n) is 15.9. The molecule has 0 amide bonds. The van der Waals surface area contributed by atoms with Gasteiger partial charge in [0.15, 0.2) is 0 Å². The van der Waals surface area contributed by atoms with Crippen LogP contribution in [0, 0.1) is 0 Å². The lowest BCUT2D eigenvalue weighted by atomic mass is 9.91. The summed E-state index contributed by atoms with van der Waals surface area (Å²) < 4.78 is 2.29. The van der Waals surface area contributed by atoms with Crippen molar-refractivity contribution in [1.29, 1.82) is 0 Å². The molecule has 0 saturated heterocycles. The fourth-order valence-electron chi connectivity index (χ4n) is 6.67. The van der Waals surface area contributed by atoms with Crippen LogP contribution in [0.25, 0.3) is 83.3 Å². The van der Waals surface area contributed by atoms with Crippen molar-refractivity contribution in [3.05, 3.63) is 151 Å². The van der Waals surface area contributed by atoms with Gasteiger partial charge in [-0.25, -0.2) is 9.97 Å². The third kappa shape index (κ3) is 4.78. The van der Waals surface area contributed by atoms with E-state index in [4.69, 9.17) is 9.97 Å². The van der Waals surface area contributed by atoms with Gasteiger partial charge in [-0.05, 0) is 77.7 Å². The molecule has 0 N–H and O–H groups in total. The average molecular weight is 592 g/mol. The second-order valence-corrected chi connectivity index (χ2v) is 11.7. The summed E-state index contributed by atoms with van der Waals surface area (Å²) >= 11 is 0. The standard InChI is InChI=1S/C43H33N3/c1-3-5-6-15-33-27-35(30-20-23-31(24-21-30)43-45-39-18-11-12-19-40(39)46(43)4-2)28-37-41(33)36-16-9-10-17-38(36)44-42(37)34-25-22-29-13-7-8-14-32(29)26-34/h3,5-28H,4H2,1-2H3/b5-3-,15-6-. The Labute approximate surface area is 268 Å². The summed E-state index contributed by atoms with van der Waals surface area (Å²) in [6, 6.07) is 45.5. The van der Waals surface area contributed by atoms with Crippen molar-refractivity contribution >= 4 is 49.6 Å². The molecule has 3 nitrogen and oxygen atoms in total. The summed E-state index contributed by atoms with van der Waals surface area (Å²) in [5.74, 6) is 0.998. The largest absolute Gasteiger partial charge is 0.324 e. The summed E-state index contributed by atoms with van der Waals surface area (Å²) in [5.41, 5.74) is 9.89. The molecule has 0 saturated carbocycles. The van der Waals surface area contributed by atoms with Crippen molar-refractivity contribution in [3.63, 3.8) is 0 Å². The molecule has 220 valence electrons. The van der Waals surface area contributed by atoms with E-state index >= 15 is 0 Å². The topological polar surface area (TPSA) is 30.7 Å². The number of imidazole rings is 1. The van der Waals surface area contributed by atoms with Crippen LogP contribution in [-0.2, 0) is 6.54 Å². The summed E-state index contributed by atoms with van der Waals surface area (Å²) in [5, 5.41) is 5.95. The molecule has 0 aliphatic carbocycles. The summed E-state index contributed by atoms with van der Waals surface area (Å²) in [6.07, 6.45) is 8.49. The molecular formula is C43H33N3. The highest BCUT2D eigenvalue weighted by Crippen LogP contribution is 2.39. The number of nitrogens with zero attached hydrogens (tertiary/aromatic N) is 3. The van der Waals surface area contributed by atoms with Crippen LogP contribution in [0.2, 0.25) is 0 Å². The van der Waals surface area contributed by atoms with Crippen molar-refractivity contribution in [2.45, 2.75) is 20.4 Å². The Kier molecular flexibility index (Phi) is 7.00. The van der Waals surface area contributed by atoms with E-state index in [0.29, 0.717) is 0 Å². The van der Waals surface area contributed by atoms with Gasteiger partial charge in [-0.2, -0.15) is 0 Å². The Morgan fingerprint density at radius 1 is 0.587 bits per heavy atom. The molecule has 46 heavy (non-hydrogen) atoms. The van der Waals surface area contributed by atoms with E-state index in [0.717, 1.165) is 67.6 Å². The summed E-state index contributed by atoms with van der Waals surface area (Å²) in [6.45, 7) is 5.09. The minimum absolute atomic E-state index is 0.864. The van der Waals surface area contributed by atoms with Gasteiger partial charge in [-0.15, -0.1) is 0 Å². The van der Waals surface area contributed by atoms with Gasteiger partial charge in [0.25, 0.3) is 0 Å². The van der Waals surface area contributed by atoms with Gasteiger partial charge >= 0.3 is 0 Å². The highest BCUT2D eigenvalue weighted by molar-refractivity contribution is 6.15. The maximum atomic E-state index is 5.30. The van der Waals surface area contributed by atoms with Crippen molar-refractivity contribution < 1.29 is 0 Å². The Bertz CT molecular complexity index is 2460.